The van der Waals surface area contributed by atoms with Crippen molar-refractivity contribution in [2.24, 2.45) is 5.92 Å². The van der Waals surface area contributed by atoms with Gasteiger partial charge in [-0.25, -0.2) is 0 Å². The largest absolute Gasteiger partial charge is 0.379 e. The molecule has 132 valence electrons. The fraction of sp³-hybridized carbons (Fsp3) is 0.667. The first-order valence-electron chi connectivity index (χ1n) is 8.86. The molecule has 2 aliphatic heterocycles. The Morgan fingerprint density at radius 3 is 2.54 bits per heavy atom. The molecule has 0 radical (unpaired) electrons. The lowest BCUT2D eigenvalue weighted by Crippen LogP contribution is -2.49. The van der Waals surface area contributed by atoms with Crippen LogP contribution in [0.2, 0.25) is 0 Å². The van der Waals surface area contributed by atoms with Crippen molar-refractivity contribution >= 4 is 5.91 Å². The summed E-state index contributed by atoms with van der Waals surface area (Å²) >= 11 is 0. The highest BCUT2D eigenvalue weighted by atomic mass is 16.5. The SMILES string of the molecule is Cc1cc(=O)c(C(=O)N2CCC([C@H](C)N3CCOCC3)CC2)c[nH]1. The molecule has 0 aliphatic carbocycles. The van der Waals surface area contributed by atoms with Gasteiger partial charge in [-0.2, -0.15) is 0 Å². The maximum atomic E-state index is 12.6. The number of piperidine rings is 1. The van der Waals surface area contributed by atoms with Gasteiger partial charge in [0.15, 0.2) is 5.43 Å². The van der Waals surface area contributed by atoms with E-state index in [1.807, 2.05) is 11.8 Å². The molecule has 0 spiro atoms. The fourth-order valence-electron chi connectivity index (χ4n) is 3.78. The summed E-state index contributed by atoms with van der Waals surface area (Å²) in [7, 11) is 0. The maximum Gasteiger partial charge on any atom is 0.259 e. The zero-order valence-electron chi connectivity index (χ0n) is 14.6. The van der Waals surface area contributed by atoms with Crippen molar-refractivity contribution in [2.45, 2.75) is 32.7 Å². The molecule has 0 aromatic carbocycles. The van der Waals surface area contributed by atoms with Crippen molar-refractivity contribution < 1.29 is 9.53 Å². The standard InChI is InChI=1S/C18H27N3O3/c1-13-11-17(22)16(12-19-13)18(23)21-5-3-15(4-6-21)14(2)20-7-9-24-10-8-20/h11-12,14-15H,3-10H2,1-2H3,(H,19,22)/t14-/m0/s1. The Hall–Kier alpha value is -1.66. The van der Waals surface area contributed by atoms with E-state index in [-0.39, 0.29) is 16.9 Å². The van der Waals surface area contributed by atoms with Gasteiger partial charge in [0.05, 0.1) is 13.2 Å². The van der Waals surface area contributed by atoms with E-state index in [1.165, 1.54) is 6.07 Å². The average molecular weight is 333 g/mol. The maximum absolute atomic E-state index is 12.6. The van der Waals surface area contributed by atoms with Crippen LogP contribution in [-0.2, 0) is 4.74 Å². The van der Waals surface area contributed by atoms with E-state index in [0.717, 1.165) is 57.9 Å². The number of carbonyl (C=O) groups excluding carboxylic acids is 1. The molecule has 6 nitrogen and oxygen atoms in total. The molecule has 3 heterocycles. The summed E-state index contributed by atoms with van der Waals surface area (Å²) in [6.45, 7) is 9.19. The highest BCUT2D eigenvalue weighted by Gasteiger charge is 2.30. The Morgan fingerprint density at radius 1 is 1.25 bits per heavy atom. The number of H-pyrrole nitrogens is 1. The number of rotatable bonds is 3. The molecule has 2 fully saturated rings. The van der Waals surface area contributed by atoms with Crippen LogP contribution in [0.25, 0.3) is 0 Å². The van der Waals surface area contributed by atoms with Crippen molar-refractivity contribution in [1.29, 1.82) is 0 Å². The third-order valence-corrected chi connectivity index (χ3v) is 5.42. The molecule has 0 unspecified atom stereocenters. The molecule has 0 saturated carbocycles. The quantitative estimate of drug-likeness (QED) is 0.904. The lowest BCUT2D eigenvalue weighted by molar-refractivity contribution is -0.000960. The normalized spacial score (nSPS) is 21.7. The highest BCUT2D eigenvalue weighted by molar-refractivity contribution is 5.93. The van der Waals surface area contributed by atoms with Crippen molar-refractivity contribution in [3.63, 3.8) is 0 Å². The van der Waals surface area contributed by atoms with Crippen LogP contribution in [-0.4, -0.2) is 66.1 Å². The summed E-state index contributed by atoms with van der Waals surface area (Å²) < 4.78 is 5.43. The van der Waals surface area contributed by atoms with Crippen molar-refractivity contribution in [1.82, 2.24) is 14.8 Å². The van der Waals surface area contributed by atoms with Gasteiger partial charge in [0.25, 0.3) is 5.91 Å². The Morgan fingerprint density at radius 2 is 1.92 bits per heavy atom. The number of pyridine rings is 1. The zero-order chi connectivity index (χ0) is 17.1. The molecule has 1 N–H and O–H groups in total. The zero-order valence-corrected chi connectivity index (χ0v) is 14.6. The van der Waals surface area contributed by atoms with E-state index in [9.17, 15) is 9.59 Å². The third-order valence-electron chi connectivity index (χ3n) is 5.42. The molecule has 1 amide bonds. The average Bonchev–Trinajstić information content (AvgIpc) is 2.61. The number of aromatic nitrogens is 1. The van der Waals surface area contributed by atoms with E-state index in [2.05, 4.69) is 16.8 Å². The number of hydrogen-bond acceptors (Lipinski definition) is 4. The van der Waals surface area contributed by atoms with Gasteiger partial charge in [-0.1, -0.05) is 0 Å². The second-order valence-electron chi connectivity index (χ2n) is 6.91. The molecule has 24 heavy (non-hydrogen) atoms. The smallest absolute Gasteiger partial charge is 0.259 e. The third kappa shape index (κ3) is 3.70. The van der Waals surface area contributed by atoms with Gasteiger partial charge in [-0.3, -0.25) is 14.5 Å². The summed E-state index contributed by atoms with van der Waals surface area (Å²) in [5, 5.41) is 0. The molecule has 2 saturated heterocycles. The number of nitrogens with zero attached hydrogens (tertiary/aromatic N) is 2. The van der Waals surface area contributed by atoms with Crippen molar-refractivity contribution in [2.75, 3.05) is 39.4 Å². The summed E-state index contributed by atoms with van der Waals surface area (Å²) in [4.78, 5) is 31.9. The molecule has 2 aliphatic rings. The number of amides is 1. The second kappa shape index (κ2) is 7.49. The number of ether oxygens (including phenoxy) is 1. The minimum atomic E-state index is -0.194. The monoisotopic (exact) mass is 333 g/mol. The number of nitrogens with one attached hydrogen (secondary N) is 1. The minimum Gasteiger partial charge on any atom is -0.379 e. The van der Waals surface area contributed by atoms with Gasteiger partial charge in [0, 0.05) is 50.2 Å². The predicted molar refractivity (Wildman–Crippen MR) is 92.3 cm³/mol. The first-order chi connectivity index (χ1) is 11.6. The molecular formula is C18H27N3O3. The van der Waals surface area contributed by atoms with Crippen molar-refractivity contribution in [3.05, 3.63) is 33.7 Å². The van der Waals surface area contributed by atoms with Crippen LogP contribution in [0.3, 0.4) is 0 Å². The number of hydrogen-bond donors (Lipinski definition) is 1. The summed E-state index contributed by atoms with van der Waals surface area (Å²) in [5.41, 5.74) is 0.829. The molecule has 3 rings (SSSR count). The number of likely N-dealkylation sites (tertiary alicyclic amines) is 1. The Labute approximate surface area is 142 Å². The van der Waals surface area contributed by atoms with Crippen LogP contribution >= 0.6 is 0 Å². The van der Waals surface area contributed by atoms with E-state index >= 15 is 0 Å². The van der Waals surface area contributed by atoms with Gasteiger partial charge < -0.3 is 14.6 Å². The van der Waals surface area contributed by atoms with Gasteiger partial charge >= 0.3 is 0 Å². The van der Waals surface area contributed by atoms with Crippen LogP contribution < -0.4 is 5.43 Å². The second-order valence-corrected chi connectivity index (χ2v) is 6.91. The lowest BCUT2D eigenvalue weighted by Gasteiger charge is -2.41. The molecule has 0 bridgehead atoms. The van der Waals surface area contributed by atoms with E-state index in [0.29, 0.717) is 12.0 Å². The fourth-order valence-corrected chi connectivity index (χ4v) is 3.78. The first-order valence-corrected chi connectivity index (χ1v) is 8.86. The topological polar surface area (TPSA) is 65.6 Å². The highest BCUT2D eigenvalue weighted by Crippen LogP contribution is 2.25. The van der Waals surface area contributed by atoms with E-state index < -0.39 is 0 Å². The van der Waals surface area contributed by atoms with E-state index in [1.54, 1.807) is 6.20 Å². The first kappa shape index (κ1) is 17.2. The summed E-state index contributed by atoms with van der Waals surface area (Å²) in [5.74, 6) is 0.456. The molecule has 6 heteroatoms. The Balaban J connectivity index is 1.58. The minimum absolute atomic E-state index is 0.145. The molecule has 1 aromatic rings. The van der Waals surface area contributed by atoms with Gasteiger partial charge in [0.1, 0.15) is 5.56 Å². The van der Waals surface area contributed by atoms with Gasteiger partial charge in [-0.15, -0.1) is 0 Å². The number of aromatic amines is 1. The van der Waals surface area contributed by atoms with Crippen LogP contribution in [0.15, 0.2) is 17.1 Å². The molecule has 1 atom stereocenters. The van der Waals surface area contributed by atoms with Crippen LogP contribution in [0, 0.1) is 12.8 Å². The molecule has 1 aromatic heterocycles. The van der Waals surface area contributed by atoms with Crippen LogP contribution in [0.1, 0.15) is 35.8 Å². The molecular weight excluding hydrogens is 306 g/mol. The Bertz CT molecular complexity index is 629. The summed E-state index contributed by atoms with van der Waals surface area (Å²) in [6.07, 6.45) is 3.53. The Kier molecular flexibility index (Phi) is 5.36. The van der Waals surface area contributed by atoms with Gasteiger partial charge in [-0.05, 0) is 32.6 Å². The number of morpholine rings is 1. The van der Waals surface area contributed by atoms with E-state index in [4.69, 9.17) is 4.74 Å². The lowest BCUT2D eigenvalue weighted by atomic mass is 9.89. The van der Waals surface area contributed by atoms with Crippen LogP contribution in [0.5, 0.6) is 0 Å². The summed E-state index contributed by atoms with van der Waals surface area (Å²) in [6, 6.07) is 2.01. The van der Waals surface area contributed by atoms with Gasteiger partial charge in [0.2, 0.25) is 0 Å². The van der Waals surface area contributed by atoms with Crippen molar-refractivity contribution in [3.8, 4) is 0 Å². The van der Waals surface area contributed by atoms with Crippen LogP contribution in [0.4, 0.5) is 0 Å². The predicted octanol–water partition coefficient (Wildman–Crippen LogP) is 1.26. The number of aryl methyl sites for hydroxylation is 1. The number of carbonyl (C=O) groups is 1.